The summed E-state index contributed by atoms with van der Waals surface area (Å²) in [6.45, 7) is 0.858. The lowest BCUT2D eigenvalue weighted by atomic mass is 10.2. The van der Waals surface area contributed by atoms with Crippen molar-refractivity contribution in [2.24, 2.45) is 0 Å². The second-order valence-corrected chi connectivity index (χ2v) is 4.32. The SMILES string of the molecule is O=COCCc1ncc(-c2ccccc2)s1. The Labute approximate surface area is 97.7 Å². The number of benzene rings is 1. The van der Waals surface area contributed by atoms with Crippen LogP contribution in [0.2, 0.25) is 0 Å². The zero-order valence-corrected chi connectivity index (χ0v) is 9.44. The van der Waals surface area contributed by atoms with Crippen molar-refractivity contribution in [2.75, 3.05) is 6.61 Å². The monoisotopic (exact) mass is 233 g/mol. The zero-order valence-electron chi connectivity index (χ0n) is 8.63. The normalized spacial score (nSPS) is 10.0. The summed E-state index contributed by atoms with van der Waals surface area (Å²) in [6, 6.07) is 10.1. The summed E-state index contributed by atoms with van der Waals surface area (Å²) in [5.74, 6) is 0. The lowest BCUT2D eigenvalue weighted by Gasteiger charge is -1.95. The van der Waals surface area contributed by atoms with Gasteiger partial charge in [-0.05, 0) is 5.56 Å². The first-order valence-electron chi connectivity index (χ1n) is 4.95. The van der Waals surface area contributed by atoms with Gasteiger partial charge in [-0.1, -0.05) is 30.3 Å². The quantitative estimate of drug-likeness (QED) is 0.588. The molecule has 0 N–H and O–H groups in total. The molecule has 16 heavy (non-hydrogen) atoms. The van der Waals surface area contributed by atoms with E-state index in [2.05, 4.69) is 21.9 Å². The Morgan fingerprint density at radius 3 is 2.88 bits per heavy atom. The van der Waals surface area contributed by atoms with E-state index in [1.807, 2.05) is 24.4 Å². The van der Waals surface area contributed by atoms with Gasteiger partial charge in [0.25, 0.3) is 6.47 Å². The fraction of sp³-hybridized carbons (Fsp3) is 0.167. The number of carbonyl (C=O) groups excluding carboxylic acids is 1. The van der Waals surface area contributed by atoms with Crippen LogP contribution in [-0.2, 0) is 16.0 Å². The first kappa shape index (κ1) is 10.8. The van der Waals surface area contributed by atoms with Gasteiger partial charge >= 0.3 is 0 Å². The van der Waals surface area contributed by atoms with Gasteiger partial charge in [-0.3, -0.25) is 4.79 Å². The van der Waals surface area contributed by atoms with Crippen molar-refractivity contribution in [3.8, 4) is 10.4 Å². The third kappa shape index (κ3) is 2.67. The Balaban J connectivity index is 2.05. The summed E-state index contributed by atoms with van der Waals surface area (Å²) >= 11 is 1.63. The summed E-state index contributed by atoms with van der Waals surface area (Å²) in [5.41, 5.74) is 1.17. The molecule has 0 radical (unpaired) electrons. The van der Waals surface area contributed by atoms with Crippen molar-refractivity contribution in [2.45, 2.75) is 6.42 Å². The molecule has 0 atom stereocenters. The molecule has 0 aliphatic heterocycles. The smallest absolute Gasteiger partial charge is 0.293 e. The maximum Gasteiger partial charge on any atom is 0.293 e. The Morgan fingerprint density at radius 1 is 1.31 bits per heavy atom. The predicted octanol–water partition coefficient (Wildman–Crippen LogP) is 2.53. The summed E-state index contributed by atoms with van der Waals surface area (Å²) in [5, 5.41) is 0.987. The highest BCUT2D eigenvalue weighted by Gasteiger charge is 2.03. The maximum absolute atomic E-state index is 9.98. The van der Waals surface area contributed by atoms with Crippen molar-refractivity contribution >= 4 is 17.8 Å². The van der Waals surface area contributed by atoms with Crippen LogP contribution in [0.1, 0.15) is 5.01 Å². The lowest BCUT2D eigenvalue weighted by molar-refractivity contribution is -0.128. The van der Waals surface area contributed by atoms with Gasteiger partial charge < -0.3 is 4.74 Å². The number of carbonyl (C=O) groups is 1. The summed E-state index contributed by atoms with van der Waals surface area (Å²) in [4.78, 5) is 15.4. The van der Waals surface area contributed by atoms with E-state index in [0.717, 1.165) is 9.88 Å². The van der Waals surface area contributed by atoms with Gasteiger partial charge in [-0.25, -0.2) is 4.98 Å². The highest BCUT2D eigenvalue weighted by Crippen LogP contribution is 2.25. The average molecular weight is 233 g/mol. The first-order valence-corrected chi connectivity index (χ1v) is 5.77. The van der Waals surface area contributed by atoms with Gasteiger partial charge in [-0.2, -0.15) is 0 Å². The van der Waals surface area contributed by atoms with Gasteiger partial charge in [0, 0.05) is 12.6 Å². The standard InChI is InChI=1S/C12H11NO2S/c14-9-15-7-6-12-13-8-11(16-12)10-4-2-1-3-5-10/h1-5,8-9H,6-7H2. The van der Waals surface area contributed by atoms with Crippen LogP contribution in [0.4, 0.5) is 0 Å². The Bertz CT molecular complexity index is 453. The zero-order chi connectivity index (χ0) is 11.2. The molecule has 4 heteroatoms. The van der Waals surface area contributed by atoms with Crippen molar-refractivity contribution in [3.63, 3.8) is 0 Å². The molecule has 0 amide bonds. The fourth-order valence-corrected chi connectivity index (χ4v) is 2.26. The van der Waals surface area contributed by atoms with Crippen molar-refractivity contribution in [1.29, 1.82) is 0 Å². The highest BCUT2D eigenvalue weighted by atomic mass is 32.1. The van der Waals surface area contributed by atoms with E-state index in [1.54, 1.807) is 11.3 Å². The molecule has 0 aliphatic carbocycles. The largest absolute Gasteiger partial charge is 0.467 e. The number of hydrogen-bond donors (Lipinski definition) is 0. The minimum Gasteiger partial charge on any atom is -0.467 e. The molecule has 3 nitrogen and oxygen atoms in total. The highest BCUT2D eigenvalue weighted by molar-refractivity contribution is 7.15. The third-order valence-corrected chi connectivity index (χ3v) is 3.22. The van der Waals surface area contributed by atoms with Gasteiger partial charge in [-0.15, -0.1) is 11.3 Å². The molecule has 0 spiro atoms. The molecule has 82 valence electrons. The van der Waals surface area contributed by atoms with Crippen LogP contribution in [0.25, 0.3) is 10.4 Å². The molecule has 0 saturated carbocycles. The second kappa shape index (κ2) is 5.42. The van der Waals surface area contributed by atoms with Crippen LogP contribution in [0.5, 0.6) is 0 Å². The van der Waals surface area contributed by atoms with Gasteiger partial charge in [0.15, 0.2) is 0 Å². The molecule has 0 fully saturated rings. The van der Waals surface area contributed by atoms with Gasteiger partial charge in [0.1, 0.15) is 0 Å². The van der Waals surface area contributed by atoms with Crippen LogP contribution in [0.3, 0.4) is 0 Å². The molecule has 2 aromatic rings. The summed E-state index contributed by atoms with van der Waals surface area (Å²) in [7, 11) is 0. The minimum atomic E-state index is 0.394. The topological polar surface area (TPSA) is 39.2 Å². The number of thiazole rings is 1. The maximum atomic E-state index is 9.98. The van der Waals surface area contributed by atoms with E-state index >= 15 is 0 Å². The van der Waals surface area contributed by atoms with Crippen LogP contribution < -0.4 is 0 Å². The Morgan fingerprint density at radius 2 is 2.12 bits per heavy atom. The van der Waals surface area contributed by atoms with Crippen LogP contribution >= 0.6 is 11.3 Å². The molecule has 1 aromatic heterocycles. The number of ether oxygens (including phenoxy) is 1. The van der Waals surface area contributed by atoms with Crippen LogP contribution in [0, 0.1) is 0 Å². The molecule has 0 saturated heterocycles. The average Bonchev–Trinajstić information content (AvgIpc) is 2.79. The number of aromatic nitrogens is 1. The fourth-order valence-electron chi connectivity index (χ4n) is 1.36. The van der Waals surface area contributed by atoms with E-state index in [9.17, 15) is 4.79 Å². The molecule has 2 rings (SSSR count). The lowest BCUT2D eigenvalue weighted by Crippen LogP contribution is -1.95. The van der Waals surface area contributed by atoms with E-state index in [-0.39, 0.29) is 0 Å². The van der Waals surface area contributed by atoms with Crippen molar-refractivity contribution in [3.05, 3.63) is 41.5 Å². The molecule has 1 aromatic carbocycles. The molecule has 0 aliphatic rings. The van der Waals surface area contributed by atoms with Crippen molar-refractivity contribution in [1.82, 2.24) is 4.98 Å². The Kier molecular flexibility index (Phi) is 3.66. The number of rotatable bonds is 5. The number of hydrogen-bond acceptors (Lipinski definition) is 4. The number of nitrogens with zero attached hydrogens (tertiary/aromatic N) is 1. The van der Waals surface area contributed by atoms with E-state index < -0.39 is 0 Å². The van der Waals surface area contributed by atoms with E-state index in [4.69, 9.17) is 0 Å². The first-order chi connectivity index (χ1) is 7.90. The third-order valence-electron chi connectivity index (χ3n) is 2.11. The molecule has 1 heterocycles. The molecule has 0 bridgehead atoms. The van der Waals surface area contributed by atoms with Gasteiger partial charge in [0.2, 0.25) is 0 Å². The van der Waals surface area contributed by atoms with E-state index in [0.29, 0.717) is 19.5 Å². The van der Waals surface area contributed by atoms with Crippen LogP contribution in [0.15, 0.2) is 36.5 Å². The van der Waals surface area contributed by atoms with Crippen LogP contribution in [-0.4, -0.2) is 18.1 Å². The predicted molar refractivity (Wildman–Crippen MR) is 63.3 cm³/mol. The molecular weight excluding hydrogens is 222 g/mol. The van der Waals surface area contributed by atoms with Crippen molar-refractivity contribution < 1.29 is 9.53 Å². The van der Waals surface area contributed by atoms with Gasteiger partial charge in [0.05, 0.1) is 16.5 Å². The van der Waals surface area contributed by atoms with E-state index in [1.165, 1.54) is 5.56 Å². The second-order valence-electron chi connectivity index (χ2n) is 3.20. The summed E-state index contributed by atoms with van der Waals surface area (Å²) in [6.07, 6.45) is 2.53. The summed E-state index contributed by atoms with van der Waals surface area (Å²) < 4.78 is 4.64. The molecule has 0 unspecified atom stereocenters. The minimum absolute atomic E-state index is 0.394. The Hall–Kier alpha value is -1.68. The molecular formula is C12H11NO2S.